The van der Waals surface area contributed by atoms with E-state index in [1.807, 2.05) is 0 Å². The number of nitrogens with zero attached hydrogens (tertiary/aromatic N) is 1. The zero-order valence-electron chi connectivity index (χ0n) is 20.3. The van der Waals surface area contributed by atoms with E-state index in [1.54, 1.807) is 25.1 Å². The Hall–Kier alpha value is -4.13. The van der Waals surface area contributed by atoms with Gasteiger partial charge in [-0.1, -0.05) is 11.6 Å². The first-order valence-corrected chi connectivity index (χ1v) is 13.3. The van der Waals surface area contributed by atoms with Crippen molar-refractivity contribution in [1.29, 1.82) is 0 Å². The standard InChI is InChI=1S/C26H21F4N3O5S/c1-14-4-9-21-19(11-14)22(18-3-2-10-31-24(18)34)23(25(35)32-39(36,37)17-6-7-17)33(21)13-15-12-16(5-8-20(15)27)38-26(28,29)30/h2-5,8-12,17H,6-7,13H2,1H3,(H,31,34)(H,32,35). The van der Waals surface area contributed by atoms with Crippen molar-refractivity contribution in [3.63, 3.8) is 0 Å². The molecule has 204 valence electrons. The molecule has 1 aliphatic carbocycles. The third kappa shape index (κ3) is 5.39. The third-order valence-corrected chi connectivity index (χ3v) is 8.12. The van der Waals surface area contributed by atoms with E-state index in [2.05, 4.69) is 14.4 Å². The highest BCUT2D eigenvalue weighted by Crippen LogP contribution is 2.36. The van der Waals surface area contributed by atoms with Gasteiger partial charge in [-0.15, -0.1) is 13.2 Å². The molecule has 13 heteroatoms. The maximum Gasteiger partial charge on any atom is 0.573 e. The van der Waals surface area contributed by atoms with Crippen LogP contribution in [-0.4, -0.2) is 35.5 Å². The minimum atomic E-state index is -5.02. The predicted octanol–water partition coefficient (Wildman–Crippen LogP) is 4.61. The van der Waals surface area contributed by atoms with Crippen molar-refractivity contribution in [3.8, 4) is 16.9 Å². The van der Waals surface area contributed by atoms with E-state index < -0.39 is 51.2 Å². The summed E-state index contributed by atoms with van der Waals surface area (Å²) in [6.07, 6.45) is -2.87. The summed E-state index contributed by atoms with van der Waals surface area (Å²) in [6, 6.07) is 10.4. The normalized spacial score (nSPS) is 14.0. The number of aromatic amines is 1. The summed E-state index contributed by atoms with van der Waals surface area (Å²) in [6.45, 7) is 1.29. The number of hydrogen-bond acceptors (Lipinski definition) is 5. The van der Waals surface area contributed by atoms with E-state index in [4.69, 9.17) is 0 Å². The first-order valence-electron chi connectivity index (χ1n) is 11.7. The fourth-order valence-corrected chi connectivity index (χ4v) is 5.72. The number of benzene rings is 2. The Morgan fingerprint density at radius 3 is 2.56 bits per heavy atom. The second kappa shape index (κ2) is 9.56. The molecule has 2 aromatic heterocycles. The number of alkyl halides is 3. The van der Waals surface area contributed by atoms with Crippen LogP contribution in [0.1, 0.15) is 34.5 Å². The molecule has 5 rings (SSSR count). The number of rotatable bonds is 7. The Morgan fingerprint density at radius 1 is 1.15 bits per heavy atom. The highest BCUT2D eigenvalue weighted by Gasteiger charge is 2.38. The minimum absolute atomic E-state index is 0.0513. The van der Waals surface area contributed by atoms with Crippen molar-refractivity contribution < 1.29 is 35.5 Å². The summed E-state index contributed by atoms with van der Waals surface area (Å²) in [4.78, 5) is 29.0. The Morgan fingerprint density at radius 2 is 1.90 bits per heavy atom. The Bertz CT molecular complexity index is 1770. The lowest BCUT2D eigenvalue weighted by Gasteiger charge is -2.15. The predicted molar refractivity (Wildman–Crippen MR) is 134 cm³/mol. The van der Waals surface area contributed by atoms with Crippen molar-refractivity contribution in [2.24, 2.45) is 0 Å². The van der Waals surface area contributed by atoms with E-state index in [9.17, 15) is 35.6 Å². The number of halogens is 4. The number of carbonyl (C=O) groups excluding carboxylic acids is 1. The van der Waals surface area contributed by atoms with Gasteiger partial charge in [0.1, 0.15) is 17.3 Å². The van der Waals surface area contributed by atoms with Gasteiger partial charge < -0.3 is 14.3 Å². The largest absolute Gasteiger partial charge is 0.573 e. The number of amides is 1. The smallest absolute Gasteiger partial charge is 0.406 e. The molecule has 0 spiro atoms. The number of H-pyrrole nitrogens is 1. The quantitative estimate of drug-likeness (QED) is 0.319. The number of hydrogen-bond donors (Lipinski definition) is 2. The zero-order chi connectivity index (χ0) is 28.1. The van der Waals surface area contributed by atoms with E-state index in [1.165, 1.54) is 22.9 Å². The average molecular weight is 564 g/mol. The molecule has 1 amide bonds. The first-order chi connectivity index (χ1) is 18.3. The molecule has 0 radical (unpaired) electrons. The molecule has 4 aromatic rings. The summed E-state index contributed by atoms with van der Waals surface area (Å²) < 4.78 is 85.9. The van der Waals surface area contributed by atoms with Crippen LogP contribution in [0.25, 0.3) is 22.0 Å². The molecule has 1 fully saturated rings. The average Bonchev–Trinajstić information content (AvgIpc) is 3.65. The maximum absolute atomic E-state index is 14.9. The molecule has 0 aliphatic heterocycles. The summed E-state index contributed by atoms with van der Waals surface area (Å²) in [5.41, 5.74) is 0.133. The molecular formula is C26H21F4N3O5S. The fraction of sp³-hybridized carbons (Fsp3) is 0.231. The molecule has 1 aliphatic rings. The first kappa shape index (κ1) is 26.5. The number of aryl methyl sites for hydroxylation is 1. The molecule has 39 heavy (non-hydrogen) atoms. The van der Waals surface area contributed by atoms with Crippen LogP contribution in [0.3, 0.4) is 0 Å². The summed E-state index contributed by atoms with van der Waals surface area (Å²) in [5, 5.41) is -0.345. The van der Waals surface area contributed by atoms with Crippen molar-refractivity contribution >= 4 is 26.8 Å². The van der Waals surface area contributed by atoms with Gasteiger partial charge in [0, 0.05) is 33.8 Å². The van der Waals surface area contributed by atoms with Crippen molar-refractivity contribution in [1.82, 2.24) is 14.3 Å². The maximum atomic E-state index is 14.9. The Labute approximate surface area is 219 Å². The van der Waals surface area contributed by atoms with Crippen LogP contribution in [0, 0.1) is 12.7 Å². The SMILES string of the molecule is Cc1ccc2c(c1)c(-c1ccc[nH]c1=O)c(C(=O)NS(=O)(=O)C1CC1)n2Cc1cc(OC(F)(F)F)ccc1F. The number of nitrogens with one attached hydrogen (secondary N) is 2. The highest BCUT2D eigenvalue weighted by molar-refractivity contribution is 7.91. The monoisotopic (exact) mass is 563 g/mol. The summed E-state index contributed by atoms with van der Waals surface area (Å²) in [7, 11) is -4.03. The van der Waals surface area contributed by atoms with Crippen LogP contribution in [-0.2, 0) is 16.6 Å². The molecule has 0 atom stereocenters. The second-order valence-electron chi connectivity index (χ2n) is 9.22. The third-order valence-electron chi connectivity index (χ3n) is 6.30. The highest BCUT2D eigenvalue weighted by atomic mass is 32.2. The number of ether oxygens (including phenoxy) is 1. The lowest BCUT2D eigenvalue weighted by atomic mass is 10.0. The lowest BCUT2D eigenvalue weighted by Crippen LogP contribution is -2.35. The van der Waals surface area contributed by atoms with Gasteiger partial charge in [-0.25, -0.2) is 17.5 Å². The Kier molecular flexibility index (Phi) is 6.49. The van der Waals surface area contributed by atoms with Crippen molar-refractivity contribution in [2.75, 3.05) is 0 Å². The van der Waals surface area contributed by atoms with Gasteiger partial charge in [-0.3, -0.25) is 9.59 Å². The van der Waals surface area contributed by atoms with Crippen LogP contribution in [0.5, 0.6) is 5.75 Å². The van der Waals surface area contributed by atoms with E-state index in [-0.39, 0.29) is 22.4 Å². The van der Waals surface area contributed by atoms with E-state index >= 15 is 0 Å². The number of aromatic nitrogens is 2. The van der Waals surface area contributed by atoms with Gasteiger partial charge in [0.05, 0.1) is 11.8 Å². The molecule has 1 saturated carbocycles. The van der Waals surface area contributed by atoms with Gasteiger partial charge in [-0.05, 0) is 62.2 Å². The molecule has 2 aromatic carbocycles. The van der Waals surface area contributed by atoms with E-state index in [0.29, 0.717) is 23.7 Å². The van der Waals surface area contributed by atoms with Crippen LogP contribution < -0.4 is 15.0 Å². The van der Waals surface area contributed by atoms with Gasteiger partial charge in [-0.2, -0.15) is 0 Å². The van der Waals surface area contributed by atoms with E-state index in [0.717, 1.165) is 23.8 Å². The topological polar surface area (TPSA) is 110 Å². The van der Waals surface area contributed by atoms with Gasteiger partial charge in [0.25, 0.3) is 11.5 Å². The van der Waals surface area contributed by atoms with Gasteiger partial charge in [0.15, 0.2) is 0 Å². The van der Waals surface area contributed by atoms with Gasteiger partial charge >= 0.3 is 6.36 Å². The minimum Gasteiger partial charge on any atom is -0.406 e. The molecule has 2 heterocycles. The molecule has 0 bridgehead atoms. The van der Waals surface area contributed by atoms with Crippen LogP contribution in [0.4, 0.5) is 17.6 Å². The van der Waals surface area contributed by atoms with Gasteiger partial charge in [0.2, 0.25) is 10.0 Å². The van der Waals surface area contributed by atoms with Crippen LogP contribution in [0.15, 0.2) is 59.5 Å². The molecule has 0 saturated heterocycles. The molecular weight excluding hydrogens is 542 g/mol. The number of carbonyl (C=O) groups is 1. The molecule has 2 N–H and O–H groups in total. The Balaban J connectivity index is 1.75. The summed E-state index contributed by atoms with van der Waals surface area (Å²) in [5.74, 6) is -2.61. The zero-order valence-corrected chi connectivity index (χ0v) is 21.1. The lowest BCUT2D eigenvalue weighted by molar-refractivity contribution is -0.274. The van der Waals surface area contributed by atoms with Crippen LogP contribution >= 0.6 is 0 Å². The number of sulfonamides is 1. The van der Waals surface area contributed by atoms with Crippen LogP contribution in [0.2, 0.25) is 0 Å². The van der Waals surface area contributed by atoms with Crippen molar-refractivity contribution in [3.05, 3.63) is 87.7 Å². The van der Waals surface area contributed by atoms with Crippen molar-refractivity contribution in [2.45, 2.75) is 37.9 Å². The fourth-order valence-electron chi connectivity index (χ4n) is 4.44. The molecule has 0 unspecified atom stereocenters. The number of fused-ring (bicyclic) bond motifs is 1. The second-order valence-corrected chi connectivity index (χ2v) is 11.2. The summed E-state index contributed by atoms with van der Waals surface area (Å²) >= 11 is 0. The molecule has 8 nitrogen and oxygen atoms in total. The number of pyridine rings is 1.